The molecule has 0 radical (unpaired) electrons. The lowest BCUT2D eigenvalue weighted by Gasteiger charge is -2.38. The molecule has 0 saturated carbocycles. The van der Waals surface area contributed by atoms with Gasteiger partial charge in [0.2, 0.25) is 0 Å². The highest BCUT2D eigenvalue weighted by Gasteiger charge is 2.25. The summed E-state index contributed by atoms with van der Waals surface area (Å²) in [5.74, 6) is 0.828. The van der Waals surface area contributed by atoms with Gasteiger partial charge in [0.1, 0.15) is 0 Å². The number of aryl methyl sites for hydroxylation is 2. The van der Waals surface area contributed by atoms with Crippen LogP contribution in [0.3, 0.4) is 0 Å². The van der Waals surface area contributed by atoms with Gasteiger partial charge in [0, 0.05) is 19.1 Å². The smallest absolute Gasteiger partial charge is 0.0237 e. The van der Waals surface area contributed by atoms with Crippen LogP contribution in [0.5, 0.6) is 0 Å². The summed E-state index contributed by atoms with van der Waals surface area (Å²) in [5.41, 5.74) is 10.1. The van der Waals surface area contributed by atoms with Crippen LogP contribution >= 0.6 is 0 Å². The minimum Gasteiger partial charge on any atom is -0.329 e. The normalized spacial score (nSPS) is 25.3. The number of hydrogen-bond donors (Lipinski definition) is 1. The predicted molar refractivity (Wildman–Crippen MR) is 77.6 cm³/mol. The molecule has 2 unspecified atom stereocenters. The minimum atomic E-state index is 0.565. The highest BCUT2D eigenvalue weighted by Crippen LogP contribution is 2.24. The average Bonchev–Trinajstić information content (AvgIpc) is 2.36. The Labute approximate surface area is 111 Å². The van der Waals surface area contributed by atoms with Crippen molar-refractivity contribution in [3.63, 3.8) is 0 Å². The van der Waals surface area contributed by atoms with Crippen LogP contribution in [0.2, 0.25) is 0 Å². The zero-order valence-electron chi connectivity index (χ0n) is 11.9. The molecule has 0 spiro atoms. The Kier molecular flexibility index (Phi) is 4.41. The second kappa shape index (κ2) is 5.85. The van der Waals surface area contributed by atoms with E-state index in [0.29, 0.717) is 6.04 Å². The third kappa shape index (κ3) is 3.12. The highest BCUT2D eigenvalue weighted by atomic mass is 15.2. The lowest BCUT2D eigenvalue weighted by atomic mass is 9.92. The van der Waals surface area contributed by atoms with E-state index < -0.39 is 0 Å². The summed E-state index contributed by atoms with van der Waals surface area (Å²) in [4.78, 5) is 2.56. The molecule has 2 rings (SSSR count). The SMILES string of the molecule is Cc1ccc(CN2CCC(C)CC2CN)cc1C. The fraction of sp³-hybridized carbons (Fsp3) is 0.625. The minimum absolute atomic E-state index is 0.565. The third-order valence-electron chi connectivity index (χ3n) is 4.33. The highest BCUT2D eigenvalue weighted by molar-refractivity contribution is 5.29. The van der Waals surface area contributed by atoms with Crippen LogP contribution in [0.25, 0.3) is 0 Å². The van der Waals surface area contributed by atoms with Crippen molar-refractivity contribution >= 4 is 0 Å². The maximum Gasteiger partial charge on any atom is 0.0237 e. The van der Waals surface area contributed by atoms with E-state index in [1.807, 2.05) is 0 Å². The number of hydrogen-bond acceptors (Lipinski definition) is 2. The topological polar surface area (TPSA) is 29.3 Å². The van der Waals surface area contributed by atoms with Gasteiger partial charge in [-0.25, -0.2) is 0 Å². The molecule has 100 valence electrons. The van der Waals surface area contributed by atoms with Gasteiger partial charge >= 0.3 is 0 Å². The maximum absolute atomic E-state index is 5.92. The third-order valence-corrected chi connectivity index (χ3v) is 4.33. The Morgan fingerprint density at radius 1 is 1.28 bits per heavy atom. The number of likely N-dealkylation sites (tertiary alicyclic amines) is 1. The number of piperidine rings is 1. The van der Waals surface area contributed by atoms with Crippen molar-refractivity contribution in [1.82, 2.24) is 4.90 Å². The summed E-state index contributed by atoms with van der Waals surface area (Å²) in [7, 11) is 0. The number of nitrogens with zero attached hydrogens (tertiary/aromatic N) is 1. The van der Waals surface area contributed by atoms with Gasteiger partial charge in [0.05, 0.1) is 0 Å². The molecule has 1 aliphatic rings. The van der Waals surface area contributed by atoms with Crippen LogP contribution in [0.4, 0.5) is 0 Å². The van der Waals surface area contributed by atoms with E-state index in [-0.39, 0.29) is 0 Å². The molecular weight excluding hydrogens is 220 g/mol. The number of rotatable bonds is 3. The van der Waals surface area contributed by atoms with E-state index in [4.69, 9.17) is 5.73 Å². The molecule has 1 fully saturated rings. The van der Waals surface area contributed by atoms with E-state index in [2.05, 4.69) is 43.9 Å². The molecule has 2 atom stereocenters. The largest absolute Gasteiger partial charge is 0.329 e. The molecular formula is C16H26N2. The molecule has 0 aliphatic carbocycles. The summed E-state index contributed by atoms with van der Waals surface area (Å²) >= 11 is 0. The molecule has 2 heteroatoms. The lowest BCUT2D eigenvalue weighted by Crippen LogP contribution is -2.45. The fourth-order valence-corrected chi connectivity index (χ4v) is 2.89. The van der Waals surface area contributed by atoms with Crippen LogP contribution in [0.15, 0.2) is 18.2 Å². The molecule has 2 nitrogen and oxygen atoms in total. The Hall–Kier alpha value is -0.860. The van der Waals surface area contributed by atoms with Gasteiger partial charge in [-0.05, 0) is 55.8 Å². The van der Waals surface area contributed by atoms with E-state index in [9.17, 15) is 0 Å². The fourth-order valence-electron chi connectivity index (χ4n) is 2.89. The lowest BCUT2D eigenvalue weighted by molar-refractivity contribution is 0.115. The van der Waals surface area contributed by atoms with Gasteiger partial charge in [-0.15, -0.1) is 0 Å². The van der Waals surface area contributed by atoms with Crippen molar-refractivity contribution in [3.05, 3.63) is 34.9 Å². The van der Waals surface area contributed by atoms with Crippen molar-refractivity contribution in [3.8, 4) is 0 Å². The van der Waals surface area contributed by atoms with Crippen molar-refractivity contribution in [2.45, 2.75) is 46.2 Å². The van der Waals surface area contributed by atoms with Crippen molar-refractivity contribution in [2.24, 2.45) is 11.7 Å². The van der Waals surface area contributed by atoms with Gasteiger partial charge in [-0.1, -0.05) is 25.1 Å². The zero-order valence-corrected chi connectivity index (χ0v) is 11.9. The van der Waals surface area contributed by atoms with Gasteiger partial charge in [0.25, 0.3) is 0 Å². The van der Waals surface area contributed by atoms with E-state index >= 15 is 0 Å². The Morgan fingerprint density at radius 2 is 2.06 bits per heavy atom. The van der Waals surface area contributed by atoms with Crippen molar-refractivity contribution in [1.29, 1.82) is 0 Å². The molecule has 18 heavy (non-hydrogen) atoms. The Morgan fingerprint density at radius 3 is 2.72 bits per heavy atom. The van der Waals surface area contributed by atoms with Crippen LogP contribution in [0, 0.1) is 19.8 Å². The summed E-state index contributed by atoms with van der Waals surface area (Å²) < 4.78 is 0. The summed E-state index contributed by atoms with van der Waals surface area (Å²) in [5, 5.41) is 0. The Bertz CT molecular complexity index is 400. The molecule has 1 aromatic rings. The number of nitrogens with two attached hydrogens (primary N) is 1. The molecule has 1 saturated heterocycles. The molecule has 0 aromatic heterocycles. The van der Waals surface area contributed by atoms with Crippen LogP contribution in [-0.4, -0.2) is 24.0 Å². The van der Waals surface area contributed by atoms with Gasteiger partial charge < -0.3 is 5.73 Å². The quantitative estimate of drug-likeness (QED) is 0.888. The van der Waals surface area contributed by atoms with E-state index in [1.165, 1.54) is 36.1 Å². The second-order valence-corrected chi connectivity index (χ2v) is 5.91. The first-order valence-electron chi connectivity index (χ1n) is 7.10. The summed E-state index contributed by atoms with van der Waals surface area (Å²) in [6.07, 6.45) is 2.56. The standard InChI is InChI=1S/C16H26N2/c1-12-6-7-18(16(8-12)10-17)11-15-5-4-13(2)14(3)9-15/h4-5,9,12,16H,6-8,10-11,17H2,1-3H3. The molecule has 1 aliphatic heterocycles. The van der Waals surface area contributed by atoms with E-state index in [0.717, 1.165) is 19.0 Å². The molecule has 1 aromatic carbocycles. The first-order chi connectivity index (χ1) is 8.60. The first kappa shape index (κ1) is 13.6. The second-order valence-electron chi connectivity index (χ2n) is 5.91. The van der Waals surface area contributed by atoms with Crippen LogP contribution in [0.1, 0.15) is 36.5 Å². The monoisotopic (exact) mass is 246 g/mol. The summed E-state index contributed by atoms with van der Waals surface area (Å²) in [6, 6.07) is 7.37. The maximum atomic E-state index is 5.92. The van der Waals surface area contributed by atoms with Gasteiger partial charge in [-0.2, -0.15) is 0 Å². The molecule has 1 heterocycles. The predicted octanol–water partition coefficient (Wildman–Crippen LogP) is 2.86. The molecule has 2 N–H and O–H groups in total. The zero-order chi connectivity index (χ0) is 13.1. The molecule has 0 bridgehead atoms. The van der Waals surface area contributed by atoms with E-state index in [1.54, 1.807) is 0 Å². The van der Waals surface area contributed by atoms with Crippen LogP contribution < -0.4 is 5.73 Å². The van der Waals surface area contributed by atoms with Crippen LogP contribution in [-0.2, 0) is 6.54 Å². The van der Waals surface area contributed by atoms with Gasteiger partial charge in [-0.3, -0.25) is 4.90 Å². The molecule has 0 amide bonds. The van der Waals surface area contributed by atoms with Crippen molar-refractivity contribution < 1.29 is 0 Å². The van der Waals surface area contributed by atoms with Gasteiger partial charge in [0.15, 0.2) is 0 Å². The first-order valence-corrected chi connectivity index (χ1v) is 7.10. The number of benzene rings is 1. The Balaban J connectivity index is 2.05. The van der Waals surface area contributed by atoms with Crippen molar-refractivity contribution in [2.75, 3.05) is 13.1 Å². The summed E-state index contributed by atoms with van der Waals surface area (Å²) in [6.45, 7) is 9.73. The average molecular weight is 246 g/mol.